The second kappa shape index (κ2) is 50.8. The average molecular weight is 1510 g/mol. The molecule has 0 aliphatic carbocycles. The van der Waals surface area contributed by atoms with Gasteiger partial charge in [0, 0.05) is 58.3 Å². The second-order valence-electron chi connectivity index (χ2n) is 27.9. The number of carbonyl (C=O) groups excluding carboxylic acids is 9. The number of Topliss-reactive ketones (excluding diaryl/α,β-unsaturated/α-hetero) is 1. The Labute approximate surface area is 635 Å². The molecule has 5 aromatic rings. The van der Waals surface area contributed by atoms with Crippen molar-refractivity contribution in [3.8, 4) is 17.2 Å². The van der Waals surface area contributed by atoms with Crippen molar-refractivity contribution in [3.05, 3.63) is 161 Å². The largest absolute Gasteiger partial charge is 0.492 e. The van der Waals surface area contributed by atoms with Crippen LogP contribution in [0.5, 0.6) is 17.2 Å². The summed E-state index contributed by atoms with van der Waals surface area (Å²) in [6.45, 7) is 22.0. The highest BCUT2D eigenvalue weighted by molar-refractivity contribution is 5.89. The first-order valence-corrected chi connectivity index (χ1v) is 36.7. The third-order valence-electron chi connectivity index (χ3n) is 14.7. The van der Waals surface area contributed by atoms with Gasteiger partial charge < -0.3 is 89.2 Å². The number of ketones is 1. The highest BCUT2D eigenvalue weighted by atomic mass is 16.6. The van der Waals surface area contributed by atoms with Gasteiger partial charge in [-0.2, -0.15) is 0 Å². The number of alkyl carbamates (subject to hydrolysis) is 2. The quantitative estimate of drug-likeness (QED) is 0.0120. The van der Waals surface area contributed by atoms with Gasteiger partial charge in [-0.1, -0.05) is 104 Å². The van der Waals surface area contributed by atoms with Gasteiger partial charge in [0.25, 0.3) is 0 Å². The lowest BCUT2D eigenvalue weighted by Gasteiger charge is -2.19. The van der Waals surface area contributed by atoms with Gasteiger partial charge in [-0.05, 0) is 146 Å². The van der Waals surface area contributed by atoms with E-state index in [1.807, 2.05) is 113 Å². The highest BCUT2D eigenvalue weighted by Gasteiger charge is 2.27. The number of ether oxygens (including phenoxy) is 12. The first-order valence-electron chi connectivity index (χ1n) is 36.7. The molecule has 0 saturated carbocycles. The van der Waals surface area contributed by atoms with Crippen LogP contribution in [0.2, 0.25) is 0 Å². The summed E-state index contributed by atoms with van der Waals surface area (Å²) in [5.41, 5.74) is 7.70. The Morgan fingerprint density at radius 3 is 1.13 bits per heavy atom. The number of hydrogen-bond acceptors (Lipinski definition) is 22. The Morgan fingerprint density at radius 1 is 0.370 bits per heavy atom. The maximum atomic E-state index is 13.5. The molecule has 0 unspecified atom stereocenters. The molecule has 27 heteroatoms. The molecule has 0 radical (unpaired) electrons. The summed E-state index contributed by atoms with van der Waals surface area (Å²) in [5, 5.41) is 13.7. The lowest BCUT2D eigenvalue weighted by molar-refractivity contribution is -0.156. The summed E-state index contributed by atoms with van der Waals surface area (Å²) in [4.78, 5) is 114. The van der Waals surface area contributed by atoms with Crippen LogP contribution in [0.1, 0.15) is 142 Å². The van der Waals surface area contributed by atoms with E-state index in [1.165, 1.54) is 0 Å². The van der Waals surface area contributed by atoms with Crippen molar-refractivity contribution in [3.63, 3.8) is 0 Å². The molecule has 27 nitrogen and oxygen atoms in total. The summed E-state index contributed by atoms with van der Waals surface area (Å²) in [6, 6.07) is 37.3. The fourth-order valence-electron chi connectivity index (χ4n) is 9.65. The van der Waals surface area contributed by atoms with Crippen molar-refractivity contribution in [1.29, 1.82) is 0 Å². The molecule has 3 atom stereocenters. The first-order chi connectivity index (χ1) is 51.5. The van der Waals surface area contributed by atoms with Gasteiger partial charge in [-0.25, -0.2) is 19.2 Å². The summed E-state index contributed by atoms with van der Waals surface area (Å²) in [5.74, 6) is -0.888. The molecule has 0 aliphatic heterocycles. The fraction of sp³-hybridized carbons (Fsp3) is 0.519. The number of amides is 5. The van der Waals surface area contributed by atoms with E-state index in [0.29, 0.717) is 43.4 Å². The topological polar surface area (TPSA) is 351 Å². The van der Waals surface area contributed by atoms with Crippen molar-refractivity contribution in [2.24, 2.45) is 5.73 Å². The van der Waals surface area contributed by atoms with Crippen molar-refractivity contribution < 1.29 is 100.0 Å². The number of nitrogens with one attached hydrogen (secondary N) is 5. The van der Waals surface area contributed by atoms with Gasteiger partial charge in [0.05, 0.1) is 65.2 Å². The first kappa shape index (κ1) is 90.7. The Morgan fingerprint density at radius 2 is 0.731 bits per heavy atom. The molecule has 0 heterocycles. The van der Waals surface area contributed by atoms with E-state index in [2.05, 4.69) is 26.6 Å². The van der Waals surface area contributed by atoms with Crippen LogP contribution in [-0.4, -0.2) is 181 Å². The van der Waals surface area contributed by atoms with E-state index >= 15 is 0 Å². The number of carbonyl (C=O) groups is 9. The number of nitrogens with two attached hydrogens (primary N) is 1. The van der Waals surface area contributed by atoms with Gasteiger partial charge in [0.15, 0.2) is 5.78 Å². The van der Waals surface area contributed by atoms with Crippen molar-refractivity contribution >= 4 is 53.6 Å². The average Bonchev–Trinajstić information content (AvgIpc) is 0.880. The predicted molar refractivity (Wildman–Crippen MR) is 405 cm³/mol. The molecule has 5 aromatic carbocycles. The van der Waals surface area contributed by atoms with Crippen molar-refractivity contribution in [1.82, 2.24) is 26.6 Å². The van der Waals surface area contributed by atoms with E-state index in [0.717, 1.165) is 34.2 Å². The fourth-order valence-corrected chi connectivity index (χ4v) is 9.65. The lowest BCUT2D eigenvalue weighted by atomic mass is 9.99. The van der Waals surface area contributed by atoms with Crippen LogP contribution < -0.4 is 46.5 Å². The Hall–Kier alpha value is -9.67. The Bertz CT molecular complexity index is 3440. The molecule has 0 fully saturated rings. The predicted octanol–water partition coefficient (Wildman–Crippen LogP) is 9.51. The molecule has 0 spiro atoms. The van der Waals surface area contributed by atoms with Crippen LogP contribution in [0, 0.1) is 0 Å². The minimum atomic E-state index is -0.990. The van der Waals surface area contributed by atoms with E-state index in [9.17, 15) is 43.2 Å². The van der Waals surface area contributed by atoms with E-state index < -0.39 is 65.0 Å². The number of hydrogen-bond donors (Lipinski definition) is 6. The molecule has 594 valence electrons. The third-order valence-corrected chi connectivity index (χ3v) is 14.7. The molecule has 7 N–H and O–H groups in total. The van der Waals surface area contributed by atoms with E-state index in [-0.39, 0.29) is 161 Å². The van der Waals surface area contributed by atoms with Crippen LogP contribution in [-0.2, 0) is 109 Å². The minimum Gasteiger partial charge on any atom is -0.492 e. The van der Waals surface area contributed by atoms with Gasteiger partial charge in [-0.15, -0.1) is 0 Å². The maximum Gasteiger partial charge on any atom is 0.407 e. The van der Waals surface area contributed by atoms with E-state index in [1.54, 1.807) is 90.1 Å². The lowest BCUT2D eigenvalue weighted by Crippen LogP contribution is -2.43. The maximum absolute atomic E-state index is 13.5. The third kappa shape index (κ3) is 43.8. The number of benzene rings is 5. The summed E-state index contributed by atoms with van der Waals surface area (Å²) < 4.78 is 65.9. The molecular weight excluding hydrogens is 1390 g/mol. The van der Waals surface area contributed by atoms with Crippen molar-refractivity contribution in [2.75, 3.05) is 92.3 Å². The van der Waals surface area contributed by atoms with Gasteiger partial charge in [0.1, 0.15) is 79.2 Å². The highest BCUT2D eigenvalue weighted by Crippen LogP contribution is 2.19. The minimum absolute atomic E-state index is 0.0369. The monoisotopic (exact) mass is 1510 g/mol. The van der Waals surface area contributed by atoms with E-state index in [4.69, 9.17) is 62.6 Å². The zero-order valence-corrected chi connectivity index (χ0v) is 64.5. The smallest absolute Gasteiger partial charge is 0.407 e. The summed E-state index contributed by atoms with van der Waals surface area (Å²) in [7, 11) is 0. The van der Waals surface area contributed by atoms with Crippen LogP contribution in [0.4, 0.5) is 9.59 Å². The Balaban J connectivity index is 0.000000544. The molecule has 0 saturated heterocycles. The molecule has 108 heavy (non-hydrogen) atoms. The van der Waals surface area contributed by atoms with Crippen LogP contribution >= 0.6 is 0 Å². The molecule has 5 rings (SSSR count). The van der Waals surface area contributed by atoms with Gasteiger partial charge in [-0.3, -0.25) is 24.0 Å². The number of esters is 3. The van der Waals surface area contributed by atoms with Crippen molar-refractivity contribution in [2.45, 2.75) is 182 Å². The standard InChI is InChI=1S/C53H75N3O14.C28H39N3O7/c1-8-28-63-30-24-47(58)55-44(36-39-16-22-43(23-17-39)67-35-34-65-32-26-49(60)69-52(2,3)4)46(57)15-12-29-64-31-25-48(59)56-45(50(61)68-38-41-13-10-9-11-14-41)37-40-18-20-42(21-19-40)66-33-27-54-51(62)70-53(5,6)7;1-28(2,3)38-27(34)30-15-18-36-23-11-9-21(10-12-23)19-24(31-25(32)13-16-35-17-14-29)26(33)37-20-22-7-5-4-6-8-22/h9-11,13-14,16-23,44-45H,8,12,15,24-38H2,1-7H3,(H,54,62)(H,55,58)(H,56,59);4-12,24H,13-20,29H2,1-3H3,(H,30,34)(H,31,32)/t44-,45-;24-/m00/s1. The number of rotatable bonds is 48. The normalized spacial score (nSPS) is 12.1. The second-order valence-corrected chi connectivity index (χ2v) is 27.9. The van der Waals surface area contributed by atoms with Crippen LogP contribution in [0.15, 0.2) is 133 Å². The molecular formula is C81H114N6O21. The molecule has 0 bridgehead atoms. The molecule has 0 aromatic heterocycles. The zero-order valence-electron chi connectivity index (χ0n) is 64.5. The SMILES string of the molecule is CC(C)(C)OC(=O)NCCOc1ccc(C[C@H](NC(=O)CCOCCN)C(=O)OCc2ccccc2)cc1.CCCOCCC(=O)N[C@@H](Cc1ccc(OCCOCCC(=O)OC(C)(C)C)cc1)C(=O)CCCOCCC(=O)N[C@@H](Cc1ccc(OCCNC(=O)OC(C)(C)C)cc1)C(=O)OCc1ccccc1. The molecule has 0 aliphatic rings. The Kier molecular flexibility index (Phi) is 42.7. The summed E-state index contributed by atoms with van der Waals surface area (Å²) in [6.07, 6.45) is 1.25. The zero-order chi connectivity index (χ0) is 79.0. The van der Waals surface area contributed by atoms with Crippen LogP contribution in [0.25, 0.3) is 0 Å². The van der Waals surface area contributed by atoms with Gasteiger partial charge >= 0.3 is 30.1 Å². The molecule has 5 amide bonds. The van der Waals surface area contributed by atoms with Crippen LogP contribution in [0.3, 0.4) is 0 Å². The van der Waals surface area contributed by atoms with Gasteiger partial charge in [0.2, 0.25) is 17.7 Å². The summed E-state index contributed by atoms with van der Waals surface area (Å²) >= 11 is 0.